The third-order valence-electron chi connectivity index (χ3n) is 10.4. The molecule has 4 N–H and O–H groups in total. The number of hydrogen-bond acceptors (Lipinski definition) is 8. The molecule has 0 radical (unpaired) electrons. The largest absolute Gasteiger partial charge is 0.505 e. The standard InChI is InChI=1S/C58H44N6O4/c65-55-51(57(67)59-45-25-13-9-14-26-45)39-43-23-17-19-29-49(43)53(55)63-61-47-35-31-41(32-36-47)21-11-7-5-3-1-2-4-6-8-12-22-42-33-37-48(38-34-42)62-64-54-50-30-20-18-24-44(50)40-52(56(54)66)58(68)60-46-27-15-10-16-28-46/h1-40,65-66H,(H,59,67)(H,60,68). The Morgan fingerprint density at radius 3 is 1.10 bits per heavy atom. The van der Waals surface area contributed by atoms with Crippen LogP contribution in [-0.4, -0.2) is 22.0 Å². The van der Waals surface area contributed by atoms with Crippen molar-refractivity contribution >= 4 is 79.6 Å². The minimum atomic E-state index is -0.444. The molecule has 330 valence electrons. The van der Waals surface area contributed by atoms with Crippen LogP contribution in [0.4, 0.5) is 34.1 Å². The molecule has 8 rings (SSSR count). The van der Waals surface area contributed by atoms with Crippen LogP contribution in [-0.2, 0) is 0 Å². The van der Waals surface area contributed by atoms with Gasteiger partial charge in [0.15, 0.2) is 11.5 Å². The first-order chi connectivity index (χ1) is 33.4. The lowest BCUT2D eigenvalue weighted by molar-refractivity contribution is 0.101. The smallest absolute Gasteiger partial charge is 0.259 e. The minimum absolute atomic E-state index is 0.108. The Labute approximate surface area is 393 Å². The molecule has 0 aliphatic heterocycles. The van der Waals surface area contributed by atoms with Crippen LogP contribution in [0.15, 0.2) is 251 Å². The first-order valence-electron chi connectivity index (χ1n) is 21.7. The summed E-state index contributed by atoms with van der Waals surface area (Å²) in [6.45, 7) is 0. The molecule has 2 amide bonds. The highest BCUT2D eigenvalue weighted by atomic mass is 16.3. The molecule has 68 heavy (non-hydrogen) atoms. The number of nitrogens with zero attached hydrogens (tertiary/aromatic N) is 4. The van der Waals surface area contributed by atoms with Crippen LogP contribution < -0.4 is 10.6 Å². The van der Waals surface area contributed by atoms with E-state index in [1.807, 2.05) is 206 Å². The van der Waals surface area contributed by atoms with Crippen LogP contribution in [0.1, 0.15) is 31.8 Å². The van der Waals surface area contributed by atoms with Crippen LogP contribution in [0, 0.1) is 0 Å². The normalized spacial score (nSPS) is 12.2. The fourth-order valence-electron chi connectivity index (χ4n) is 6.99. The van der Waals surface area contributed by atoms with E-state index in [2.05, 4.69) is 31.1 Å². The van der Waals surface area contributed by atoms with Gasteiger partial charge in [0.2, 0.25) is 0 Å². The van der Waals surface area contributed by atoms with E-state index in [-0.39, 0.29) is 34.0 Å². The Hall–Kier alpha value is -9.54. The second kappa shape index (κ2) is 22.4. The van der Waals surface area contributed by atoms with Gasteiger partial charge in [-0.05, 0) is 82.6 Å². The van der Waals surface area contributed by atoms with Crippen molar-refractivity contribution in [3.8, 4) is 11.5 Å². The third kappa shape index (κ3) is 11.8. The van der Waals surface area contributed by atoms with E-state index >= 15 is 0 Å². The Bertz CT molecular complexity index is 3090. The number of nitrogens with one attached hydrogen (secondary N) is 2. The van der Waals surface area contributed by atoms with Crippen LogP contribution in [0.5, 0.6) is 11.5 Å². The van der Waals surface area contributed by atoms with Gasteiger partial charge in [-0.25, -0.2) is 0 Å². The fraction of sp³-hybridized carbons (Fsp3) is 0. The van der Waals surface area contributed by atoms with E-state index < -0.39 is 11.8 Å². The number of para-hydroxylation sites is 2. The summed E-state index contributed by atoms with van der Waals surface area (Å²) in [6.07, 6.45) is 23.4. The Balaban J connectivity index is 0.802. The van der Waals surface area contributed by atoms with E-state index in [0.717, 1.165) is 21.9 Å². The molecule has 0 aliphatic rings. The molecule has 0 unspecified atom stereocenters. The second-order valence-electron chi connectivity index (χ2n) is 15.2. The SMILES string of the molecule is O=C(Nc1ccccc1)c1cc2ccccc2c(N=Nc2ccc(C=CC=CC=CC=CC=CC=Cc3ccc(N=Nc4c(O)c(C(=O)Nc5ccccc5)cc5ccccc45)cc3)cc2)c1O. The highest BCUT2D eigenvalue weighted by molar-refractivity contribution is 6.13. The van der Waals surface area contributed by atoms with Crippen molar-refractivity contribution in [1.29, 1.82) is 0 Å². The lowest BCUT2D eigenvalue weighted by Crippen LogP contribution is -2.12. The van der Waals surface area contributed by atoms with E-state index in [4.69, 9.17) is 0 Å². The van der Waals surface area contributed by atoms with E-state index in [9.17, 15) is 19.8 Å². The number of hydrogen-bond donors (Lipinski definition) is 4. The average molecular weight is 889 g/mol. The predicted molar refractivity (Wildman–Crippen MR) is 276 cm³/mol. The van der Waals surface area contributed by atoms with E-state index in [1.54, 1.807) is 36.4 Å². The Morgan fingerprint density at radius 1 is 0.382 bits per heavy atom. The number of carbonyl (C=O) groups excluding carboxylic acids is 2. The number of aromatic hydroxyl groups is 2. The van der Waals surface area contributed by atoms with E-state index in [0.29, 0.717) is 33.5 Å². The number of phenols is 2. The van der Waals surface area contributed by atoms with Gasteiger partial charge >= 0.3 is 0 Å². The van der Waals surface area contributed by atoms with Gasteiger partial charge in [-0.2, -0.15) is 10.2 Å². The molecule has 10 heteroatoms. The quantitative estimate of drug-likeness (QED) is 0.0599. The maximum atomic E-state index is 13.1. The summed E-state index contributed by atoms with van der Waals surface area (Å²) in [6, 6.07) is 51.3. The molecule has 0 aliphatic carbocycles. The summed E-state index contributed by atoms with van der Waals surface area (Å²) in [5.41, 5.74) is 5.04. The molecule has 8 aromatic carbocycles. The molecule has 0 fully saturated rings. The van der Waals surface area contributed by atoms with Gasteiger partial charge in [0.1, 0.15) is 11.4 Å². The Morgan fingerprint density at radius 2 is 0.721 bits per heavy atom. The van der Waals surface area contributed by atoms with Crippen molar-refractivity contribution in [3.63, 3.8) is 0 Å². The second-order valence-corrected chi connectivity index (χ2v) is 15.2. The first kappa shape index (κ1) is 45.0. The maximum Gasteiger partial charge on any atom is 0.259 e. The Kier molecular flexibility index (Phi) is 14.8. The maximum absolute atomic E-state index is 13.1. The average Bonchev–Trinajstić information content (AvgIpc) is 3.37. The lowest BCUT2D eigenvalue weighted by atomic mass is 10.0. The zero-order valence-electron chi connectivity index (χ0n) is 36.6. The number of anilines is 2. The monoisotopic (exact) mass is 888 g/mol. The zero-order chi connectivity index (χ0) is 46.9. The number of amides is 2. The molecule has 0 saturated heterocycles. The third-order valence-corrected chi connectivity index (χ3v) is 10.4. The molecule has 0 heterocycles. The molecule has 0 bridgehead atoms. The van der Waals surface area contributed by atoms with Crippen molar-refractivity contribution in [2.75, 3.05) is 10.6 Å². The highest BCUT2D eigenvalue weighted by Crippen LogP contribution is 2.41. The molecule has 0 saturated carbocycles. The summed E-state index contributed by atoms with van der Waals surface area (Å²) >= 11 is 0. The highest BCUT2D eigenvalue weighted by Gasteiger charge is 2.20. The van der Waals surface area contributed by atoms with Gasteiger partial charge in [-0.1, -0.05) is 182 Å². The van der Waals surface area contributed by atoms with Crippen LogP contribution >= 0.6 is 0 Å². The molecule has 10 nitrogen and oxygen atoms in total. The summed E-state index contributed by atoms with van der Waals surface area (Å²) in [5, 5.41) is 48.4. The van der Waals surface area contributed by atoms with Crippen molar-refractivity contribution in [1.82, 2.24) is 0 Å². The minimum Gasteiger partial charge on any atom is -0.505 e. The predicted octanol–water partition coefficient (Wildman–Crippen LogP) is 15.7. The molecular formula is C58H44N6O4. The molecule has 0 atom stereocenters. The number of rotatable bonds is 15. The summed E-state index contributed by atoms with van der Waals surface area (Å²) in [7, 11) is 0. The number of fused-ring (bicyclic) bond motifs is 2. The molecular weight excluding hydrogens is 845 g/mol. The van der Waals surface area contributed by atoms with Crippen LogP contribution in [0.2, 0.25) is 0 Å². The van der Waals surface area contributed by atoms with Crippen LogP contribution in [0.25, 0.3) is 33.7 Å². The zero-order valence-corrected chi connectivity index (χ0v) is 36.6. The number of carbonyl (C=O) groups is 2. The summed E-state index contributed by atoms with van der Waals surface area (Å²) in [4.78, 5) is 26.3. The number of benzene rings is 8. The van der Waals surface area contributed by atoms with E-state index in [1.165, 1.54) is 0 Å². The van der Waals surface area contributed by atoms with Crippen molar-refractivity contribution in [2.24, 2.45) is 20.5 Å². The lowest BCUT2D eigenvalue weighted by Gasteiger charge is -2.11. The molecule has 0 aromatic heterocycles. The number of phenolic OH excluding ortho intramolecular Hbond substituents is 2. The molecule has 8 aromatic rings. The van der Waals surface area contributed by atoms with Crippen molar-refractivity contribution in [2.45, 2.75) is 0 Å². The number of azo groups is 2. The topological polar surface area (TPSA) is 148 Å². The van der Waals surface area contributed by atoms with Gasteiger partial charge in [0.05, 0.1) is 22.5 Å². The van der Waals surface area contributed by atoms with Crippen LogP contribution in [0.3, 0.4) is 0 Å². The van der Waals surface area contributed by atoms with Crippen molar-refractivity contribution in [3.05, 3.63) is 253 Å². The van der Waals surface area contributed by atoms with Crippen molar-refractivity contribution < 1.29 is 19.8 Å². The fourth-order valence-corrected chi connectivity index (χ4v) is 6.99. The van der Waals surface area contributed by atoms with Gasteiger partial charge in [0.25, 0.3) is 11.8 Å². The van der Waals surface area contributed by atoms with Gasteiger partial charge in [0, 0.05) is 22.1 Å². The van der Waals surface area contributed by atoms with Gasteiger partial charge < -0.3 is 20.8 Å². The number of allylic oxidation sites excluding steroid dienone is 10. The van der Waals surface area contributed by atoms with Gasteiger partial charge in [-0.3, -0.25) is 9.59 Å². The van der Waals surface area contributed by atoms with Gasteiger partial charge in [-0.15, -0.1) is 10.2 Å². The summed E-state index contributed by atoms with van der Waals surface area (Å²) < 4.78 is 0. The molecule has 0 spiro atoms. The first-order valence-corrected chi connectivity index (χ1v) is 21.7. The summed E-state index contributed by atoms with van der Waals surface area (Å²) in [5.74, 6) is -1.37.